The number of rotatable bonds is 57. The molecule has 12 atom stereocenters. The van der Waals surface area contributed by atoms with Crippen LogP contribution in [-0.4, -0.2) is 140 Å². The maximum absolute atomic E-state index is 13.3. The maximum atomic E-state index is 13.3. The molecule has 86 heavy (non-hydrogen) atoms. The van der Waals surface area contributed by atoms with Crippen molar-refractivity contribution in [2.45, 2.75) is 357 Å². The van der Waals surface area contributed by atoms with E-state index in [0.717, 1.165) is 70.6 Å². The molecule has 0 saturated carbocycles. The van der Waals surface area contributed by atoms with E-state index in [1.807, 2.05) is 6.08 Å². The zero-order chi connectivity index (χ0) is 62.3. The lowest BCUT2D eigenvalue weighted by Crippen LogP contribution is -2.65. The molecule has 9 N–H and O–H groups in total. The number of ether oxygens (including phenoxy) is 4. The molecule has 2 rings (SSSR count). The normalized spacial score (nSPS) is 23.8. The van der Waals surface area contributed by atoms with E-state index < -0.39 is 86.8 Å². The SMILES string of the molecule is CC/C=C\C/C=C\C/C=C\C/C=C\C/C=C\CCCCCCCCCCCCCCCCCCCCCC(=O)NC(COC1OC(CO)C(OC2OC(CO)C(O)C(O)C2O)C(O)C1O)C(O)/C=C/CCCCCCCCCCCCCCCCC. The number of hydrogen-bond donors (Lipinski definition) is 9. The molecule has 2 heterocycles. The highest BCUT2D eigenvalue weighted by Gasteiger charge is 2.51. The summed E-state index contributed by atoms with van der Waals surface area (Å²) in [6.07, 6.45) is 59.6. The fourth-order valence-corrected chi connectivity index (χ4v) is 11.3. The molecular formula is C72H129NO13. The average Bonchev–Trinajstić information content (AvgIpc) is 2.46. The van der Waals surface area contributed by atoms with Gasteiger partial charge in [0.2, 0.25) is 5.91 Å². The molecular weight excluding hydrogens is 1090 g/mol. The minimum Gasteiger partial charge on any atom is -0.394 e. The minimum absolute atomic E-state index is 0.237. The molecule has 14 heteroatoms. The van der Waals surface area contributed by atoms with Crippen molar-refractivity contribution in [1.82, 2.24) is 5.32 Å². The van der Waals surface area contributed by atoms with Crippen molar-refractivity contribution in [3.05, 3.63) is 72.9 Å². The lowest BCUT2D eigenvalue weighted by molar-refractivity contribution is -0.359. The third-order valence-electron chi connectivity index (χ3n) is 16.9. The first-order chi connectivity index (χ1) is 42.1. The van der Waals surface area contributed by atoms with Crippen molar-refractivity contribution in [3.8, 4) is 0 Å². The largest absolute Gasteiger partial charge is 0.394 e. The summed E-state index contributed by atoms with van der Waals surface area (Å²) in [5.74, 6) is -0.237. The quantitative estimate of drug-likeness (QED) is 0.0204. The highest BCUT2D eigenvalue weighted by Crippen LogP contribution is 2.30. The molecule has 1 amide bonds. The summed E-state index contributed by atoms with van der Waals surface area (Å²) in [5, 5.41) is 87.4. The zero-order valence-corrected chi connectivity index (χ0v) is 54.3. The van der Waals surface area contributed by atoms with Crippen LogP contribution in [0.1, 0.15) is 284 Å². The summed E-state index contributed by atoms with van der Waals surface area (Å²) in [5.41, 5.74) is 0. The number of aliphatic hydroxyl groups excluding tert-OH is 8. The molecule has 0 aromatic carbocycles. The molecule has 0 radical (unpaired) electrons. The third-order valence-corrected chi connectivity index (χ3v) is 16.9. The summed E-state index contributed by atoms with van der Waals surface area (Å²) in [6, 6.07) is -0.916. The van der Waals surface area contributed by atoms with Gasteiger partial charge >= 0.3 is 0 Å². The Kier molecular flexibility index (Phi) is 52.2. The summed E-state index contributed by atoms with van der Waals surface area (Å²) in [6.45, 7) is 2.71. The van der Waals surface area contributed by atoms with Gasteiger partial charge in [0.1, 0.15) is 48.8 Å². The first-order valence-corrected chi connectivity index (χ1v) is 35.2. The zero-order valence-electron chi connectivity index (χ0n) is 54.3. The Labute approximate surface area is 523 Å². The first-order valence-electron chi connectivity index (χ1n) is 35.2. The van der Waals surface area contributed by atoms with Gasteiger partial charge in [-0.15, -0.1) is 0 Å². The molecule has 0 aliphatic carbocycles. The summed E-state index contributed by atoms with van der Waals surface area (Å²) < 4.78 is 22.8. The van der Waals surface area contributed by atoms with Gasteiger partial charge in [0.15, 0.2) is 12.6 Å². The Morgan fingerprint density at radius 3 is 1.23 bits per heavy atom. The molecule has 0 spiro atoms. The van der Waals surface area contributed by atoms with Crippen molar-refractivity contribution >= 4 is 5.91 Å². The highest BCUT2D eigenvalue weighted by atomic mass is 16.7. The van der Waals surface area contributed by atoms with Crippen LogP contribution >= 0.6 is 0 Å². The Hall–Kier alpha value is -2.57. The molecule has 0 aromatic heterocycles. The fraction of sp³-hybridized carbons (Fsp3) is 0.819. The van der Waals surface area contributed by atoms with Gasteiger partial charge in [-0.1, -0.05) is 286 Å². The Morgan fingerprint density at radius 2 is 0.802 bits per heavy atom. The maximum Gasteiger partial charge on any atom is 0.220 e. The molecule has 500 valence electrons. The van der Waals surface area contributed by atoms with Crippen LogP contribution in [0.4, 0.5) is 0 Å². The van der Waals surface area contributed by atoms with Crippen LogP contribution in [0.15, 0.2) is 72.9 Å². The van der Waals surface area contributed by atoms with Crippen molar-refractivity contribution in [3.63, 3.8) is 0 Å². The van der Waals surface area contributed by atoms with Crippen molar-refractivity contribution in [1.29, 1.82) is 0 Å². The molecule has 0 aromatic rings. The van der Waals surface area contributed by atoms with Gasteiger partial charge in [0.05, 0.1) is 32.0 Å². The van der Waals surface area contributed by atoms with Crippen molar-refractivity contribution in [2.24, 2.45) is 0 Å². The Morgan fingerprint density at radius 1 is 0.430 bits per heavy atom. The number of allylic oxidation sites excluding steroid dienone is 11. The lowest BCUT2D eigenvalue weighted by Gasteiger charge is -2.46. The van der Waals surface area contributed by atoms with Gasteiger partial charge in [-0.25, -0.2) is 0 Å². The second-order valence-corrected chi connectivity index (χ2v) is 24.6. The Balaban J connectivity index is 1.62. The molecule has 12 unspecified atom stereocenters. The van der Waals surface area contributed by atoms with E-state index in [2.05, 4.69) is 79.9 Å². The second-order valence-electron chi connectivity index (χ2n) is 24.6. The first kappa shape index (κ1) is 79.5. The van der Waals surface area contributed by atoms with E-state index in [0.29, 0.717) is 6.42 Å². The van der Waals surface area contributed by atoms with E-state index in [-0.39, 0.29) is 18.9 Å². The van der Waals surface area contributed by atoms with Crippen LogP contribution in [0.2, 0.25) is 0 Å². The number of carbonyl (C=O) groups excluding carboxylic acids is 1. The van der Waals surface area contributed by atoms with Gasteiger partial charge in [-0.2, -0.15) is 0 Å². The van der Waals surface area contributed by atoms with Gasteiger partial charge in [0, 0.05) is 6.42 Å². The number of unbranched alkanes of at least 4 members (excludes halogenated alkanes) is 34. The molecule has 14 nitrogen and oxygen atoms in total. The lowest BCUT2D eigenvalue weighted by atomic mass is 9.97. The van der Waals surface area contributed by atoms with E-state index in [1.54, 1.807) is 6.08 Å². The molecule has 2 fully saturated rings. The fourth-order valence-electron chi connectivity index (χ4n) is 11.3. The van der Waals surface area contributed by atoms with Gasteiger partial charge in [-0.05, 0) is 64.2 Å². The number of nitrogens with one attached hydrogen (secondary N) is 1. The number of aliphatic hydroxyl groups is 8. The van der Waals surface area contributed by atoms with Crippen LogP contribution < -0.4 is 5.32 Å². The molecule has 2 saturated heterocycles. The van der Waals surface area contributed by atoms with Crippen molar-refractivity contribution < 1.29 is 64.6 Å². The van der Waals surface area contributed by atoms with Gasteiger partial charge in [0.25, 0.3) is 0 Å². The Bertz CT molecular complexity index is 1720. The topological polar surface area (TPSA) is 228 Å². The minimum atomic E-state index is -1.79. The second kappa shape index (κ2) is 56.4. The van der Waals surface area contributed by atoms with E-state index >= 15 is 0 Å². The standard InChI is InChI=1S/C72H129NO13/c1-3-5-7-9-11-13-15-17-19-21-22-23-24-25-26-27-28-29-30-31-32-33-34-35-36-37-38-40-42-44-46-48-50-52-54-56-64(77)73-60(61(76)55-53-51-49-47-45-43-41-39-20-18-16-14-12-10-8-6-4-2)59-83-71-69(82)67(80)70(63(58-75)85-71)86-72-68(81)66(79)65(78)62(57-74)84-72/h5,7,11,13,17,19,22-23,25-26,53,55,60-63,65-72,74-76,78-82H,3-4,6,8-10,12,14-16,18,20-21,24,27-52,54,56-59H2,1-2H3,(H,73,77)/b7-5-,13-11-,19-17-,23-22-,26-25-,55-53+. The smallest absolute Gasteiger partial charge is 0.220 e. The number of carbonyl (C=O) groups is 1. The molecule has 2 aliphatic rings. The third kappa shape index (κ3) is 40.2. The van der Waals surface area contributed by atoms with E-state index in [1.165, 1.54) is 186 Å². The van der Waals surface area contributed by atoms with Crippen molar-refractivity contribution in [2.75, 3.05) is 19.8 Å². The predicted molar refractivity (Wildman–Crippen MR) is 350 cm³/mol. The van der Waals surface area contributed by atoms with Crippen LogP contribution in [0.25, 0.3) is 0 Å². The van der Waals surface area contributed by atoms with Crippen LogP contribution in [0.5, 0.6) is 0 Å². The summed E-state index contributed by atoms with van der Waals surface area (Å²) in [7, 11) is 0. The predicted octanol–water partition coefficient (Wildman–Crippen LogP) is 14.2. The molecule has 0 bridgehead atoms. The van der Waals surface area contributed by atoms with Crippen LogP contribution in [-0.2, 0) is 23.7 Å². The summed E-state index contributed by atoms with van der Waals surface area (Å²) >= 11 is 0. The average molecular weight is 1220 g/mol. The van der Waals surface area contributed by atoms with E-state index in [9.17, 15) is 45.6 Å². The number of amides is 1. The highest BCUT2D eigenvalue weighted by molar-refractivity contribution is 5.76. The van der Waals surface area contributed by atoms with Gasteiger partial charge < -0.3 is 65.1 Å². The molecule has 2 aliphatic heterocycles. The summed E-state index contributed by atoms with van der Waals surface area (Å²) in [4.78, 5) is 13.3. The van der Waals surface area contributed by atoms with Gasteiger partial charge in [-0.3, -0.25) is 4.79 Å². The van der Waals surface area contributed by atoms with Crippen LogP contribution in [0.3, 0.4) is 0 Å². The van der Waals surface area contributed by atoms with E-state index in [4.69, 9.17) is 18.9 Å². The van der Waals surface area contributed by atoms with Crippen LogP contribution in [0, 0.1) is 0 Å². The number of hydrogen-bond acceptors (Lipinski definition) is 13. The monoisotopic (exact) mass is 1220 g/mol.